The molecule has 2 amide bonds. The SMILES string of the molecule is C=C(C)COc1ccc(NC(=O)CCCC(=O)Nc2ccc(OCC(=C)C)cc2)cc1. The van der Waals surface area contributed by atoms with E-state index in [9.17, 15) is 9.59 Å². The van der Waals surface area contributed by atoms with Crippen LogP contribution in [0.15, 0.2) is 72.8 Å². The first-order chi connectivity index (χ1) is 14.8. The molecule has 2 rings (SSSR count). The Hall–Kier alpha value is -3.54. The van der Waals surface area contributed by atoms with Crippen LogP contribution in [0.25, 0.3) is 0 Å². The topological polar surface area (TPSA) is 76.7 Å². The molecule has 6 nitrogen and oxygen atoms in total. The Kier molecular flexibility index (Phi) is 9.36. The number of benzene rings is 2. The molecule has 6 heteroatoms. The molecule has 2 aromatic carbocycles. The molecule has 0 aliphatic heterocycles. The predicted molar refractivity (Wildman–Crippen MR) is 125 cm³/mol. The number of anilines is 2. The van der Waals surface area contributed by atoms with E-state index in [1.54, 1.807) is 48.5 Å². The van der Waals surface area contributed by atoms with Crippen molar-refractivity contribution in [2.45, 2.75) is 33.1 Å². The van der Waals surface area contributed by atoms with Crippen LogP contribution in [0, 0.1) is 0 Å². The fourth-order valence-corrected chi connectivity index (χ4v) is 2.54. The van der Waals surface area contributed by atoms with E-state index in [1.807, 2.05) is 13.8 Å². The van der Waals surface area contributed by atoms with Gasteiger partial charge in [-0.25, -0.2) is 0 Å². The first-order valence-electron chi connectivity index (χ1n) is 10.2. The number of carbonyl (C=O) groups excluding carboxylic acids is 2. The molecule has 0 spiro atoms. The zero-order chi connectivity index (χ0) is 22.6. The Bertz CT molecular complexity index is 827. The number of ether oxygens (including phenoxy) is 2. The summed E-state index contributed by atoms with van der Waals surface area (Å²) in [6, 6.07) is 14.3. The molecule has 0 fully saturated rings. The van der Waals surface area contributed by atoms with Gasteiger partial charge in [0.15, 0.2) is 0 Å². The van der Waals surface area contributed by atoms with Gasteiger partial charge in [-0.1, -0.05) is 13.2 Å². The Morgan fingerprint density at radius 2 is 1.06 bits per heavy atom. The molecule has 164 valence electrons. The van der Waals surface area contributed by atoms with E-state index in [0.717, 1.165) is 11.1 Å². The molecular weight excluding hydrogens is 392 g/mol. The highest BCUT2D eigenvalue weighted by Crippen LogP contribution is 2.18. The highest BCUT2D eigenvalue weighted by atomic mass is 16.5. The van der Waals surface area contributed by atoms with Crippen molar-refractivity contribution in [2.75, 3.05) is 23.8 Å². The number of carbonyl (C=O) groups is 2. The number of nitrogens with one attached hydrogen (secondary N) is 2. The average Bonchev–Trinajstić information content (AvgIpc) is 2.72. The maximum Gasteiger partial charge on any atom is 0.224 e. The Labute approximate surface area is 184 Å². The fraction of sp³-hybridized carbons (Fsp3) is 0.280. The quantitative estimate of drug-likeness (QED) is 0.453. The molecule has 0 heterocycles. The number of hydrogen-bond acceptors (Lipinski definition) is 4. The molecule has 0 unspecified atom stereocenters. The maximum absolute atomic E-state index is 12.1. The van der Waals surface area contributed by atoms with Gasteiger partial charge in [-0.2, -0.15) is 0 Å². The minimum atomic E-state index is -0.137. The zero-order valence-corrected chi connectivity index (χ0v) is 18.2. The summed E-state index contributed by atoms with van der Waals surface area (Å²) < 4.78 is 11.1. The largest absolute Gasteiger partial charge is 0.489 e. The molecule has 2 aromatic rings. The van der Waals surface area contributed by atoms with Gasteiger partial charge in [0.05, 0.1) is 0 Å². The molecule has 0 saturated heterocycles. The van der Waals surface area contributed by atoms with Gasteiger partial charge >= 0.3 is 0 Å². The summed E-state index contributed by atoms with van der Waals surface area (Å²) in [5.74, 6) is 1.16. The molecule has 0 saturated carbocycles. The lowest BCUT2D eigenvalue weighted by Gasteiger charge is -2.09. The third-order valence-corrected chi connectivity index (χ3v) is 4.05. The summed E-state index contributed by atoms with van der Waals surface area (Å²) in [6.45, 7) is 12.3. The summed E-state index contributed by atoms with van der Waals surface area (Å²) in [5.41, 5.74) is 3.24. The molecule has 0 aromatic heterocycles. The molecule has 0 atom stereocenters. The summed E-state index contributed by atoms with van der Waals surface area (Å²) in [4.78, 5) is 24.2. The van der Waals surface area contributed by atoms with E-state index in [-0.39, 0.29) is 24.7 Å². The average molecular weight is 423 g/mol. The van der Waals surface area contributed by atoms with Gasteiger partial charge in [-0.15, -0.1) is 0 Å². The van der Waals surface area contributed by atoms with Gasteiger partial charge in [0.2, 0.25) is 11.8 Å². The molecule has 0 radical (unpaired) electrons. The number of rotatable bonds is 12. The van der Waals surface area contributed by atoms with Gasteiger partial charge in [0, 0.05) is 24.2 Å². The zero-order valence-electron chi connectivity index (χ0n) is 18.2. The van der Waals surface area contributed by atoms with Gasteiger partial charge in [0.1, 0.15) is 24.7 Å². The molecule has 0 aliphatic carbocycles. The molecule has 31 heavy (non-hydrogen) atoms. The van der Waals surface area contributed by atoms with Crippen molar-refractivity contribution in [3.05, 3.63) is 72.8 Å². The molecule has 2 N–H and O–H groups in total. The van der Waals surface area contributed by atoms with E-state index >= 15 is 0 Å². The van der Waals surface area contributed by atoms with Crippen molar-refractivity contribution < 1.29 is 19.1 Å². The maximum atomic E-state index is 12.1. The van der Waals surface area contributed by atoms with E-state index in [0.29, 0.717) is 42.5 Å². The van der Waals surface area contributed by atoms with Crippen LogP contribution in [0.3, 0.4) is 0 Å². The minimum Gasteiger partial charge on any atom is -0.489 e. The van der Waals surface area contributed by atoms with E-state index < -0.39 is 0 Å². The van der Waals surface area contributed by atoms with Crippen LogP contribution < -0.4 is 20.1 Å². The standard InChI is InChI=1S/C25H30N2O4/c1-18(2)16-30-22-12-8-20(9-13-22)26-24(28)6-5-7-25(29)27-21-10-14-23(15-11-21)31-17-19(3)4/h8-15H,1,3,5-7,16-17H2,2,4H3,(H,26,28)(H,27,29). The molecule has 0 aliphatic rings. The summed E-state index contributed by atoms with van der Waals surface area (Å²) in [5, 5.41) is 5.64. The lowest BCUT2D eigenvalue weighted by molar-refractivity contribution is -0.117. The van der Waals surface area contributed by atoms with Crippen molar-refractivity contribution >= 4 is 23.2 Å². The Balaban J connectivity index is 1.67. The highest BCUT2D eigenvalue weighted by Gasteiger charge is 2.07. The van der Waals surface area contributed by atoms with Crippen LogP contribution in [-0.4, -0.2) is 25.0 Å². The minimum absolute atomic E-state index is 0.137. The molecule has 0 bridgehead atoms. The van der Waals surface area contributed by atoms with Gasteiger partial charge in [0.25, 0.3) is 0 Å². The van der Waals surface area contributed by atoms with E-state index in [2.05, 4.69) is 23.8 Å². The van der Waals surface area contributed by atoms with Crippen LogP contribution in [0.1, 0.15) is 33.1 Å². The first kappa shape index (κ1) is 23.7. The van der Waals surface area contributed by atoms with Gasteiger partial charge in [-0.3, -0.25) is 9.59 Å². The van der Waals surface area contributed by atoms with Crippen LogP contribution in [0.5, 0.6) is 11.5 Å². The Morgan fingerprint density at radius 1 is 0.710 bits per heavy atom. The second-order valence-corrected chi connectivity index (χ2v) is 7.49. The summed E-state index contributed by atoms with van der Waals surface area (Å²) in [6.07, 6.45) is 0.974. The van der Waals surface area contributed by atoms with E-state index in [4.69, 9.17) is 9.47 Å². The fourth-order valence-electron chi connectivity index (χ4n) is 2.54. The monoisotopic (exact) mass is 422 g/mol. The number of amides is 2. The first-order valence-corrected chi connectivity index (χ1v) is 10.2. The summed E-state index contributed by atoms with van der Waals surface area (Å²) in [7, 11) is 0. The highest BCUT2D eigenvalue weighted by molar-refractivity contribution is 5.93. The van der Waals surface area contributed by atoms with Crippen molar-refractivity contribution in [3.8, 4) is 11.5 Å². The van der Waals surface area contributed by atoms with Crippen molar-refractivity contribution in [1.82, 2.24) is 0 Å². The predicted octanol–water partition coefficient (Wildman–Crippen LogP) is 5.34. The molecular formula is C25H30N2O4. The van der Waals surface area contributed by atoms with Crippen molar-refractivity contribution in [2.24, 2.45) is 0 Å². The van der Waals surface area contributed by atoms with Crippen LogP contribution >= 0.6 is 0 Å². The summed E-state index contributed by atoms with van der Waals surface area (Å²) >= 11 is 0. The lowest BCUT2D eigenvalue weighted by atomic mass is 10.2. The second kappa shape index (κ2) is 12.2. The number of hydrogen-bond donors (Lipinski definition) is 2. The van der Waals surface area contributed by atoms with Gasteiger partial charge in [-0.05, 0) is 79.9 Å². The smallest absolute Gasteiger partial charge is 0.224 e. The van der Waals surface area contributed by atoms with Crippen LogP contribution in [0.4, 0.5) is 11.4 Å². The van der Waals surface area contributed by atoms with Crippen molar-refractivity contribution in [1.29, 1.82) is 0 Å². The second-order valence-electron chi connectivity index (χ2n) is 7.49. The van der Waals surface area contributed by atoms with Crippen molar-refractivity contribution in [3.63, 3.8) is 0 Å². The van der Waals surface area contributed by atoms with Gasteiger partial charge < -0.3 is 20.1 Å². The Morgan fingerprint density at radius 3 is 1.39 bits per heavy atom. The lowest BCUT2D eigenvalue weighted by Crippen LogP contribution is -2.14. The van der Waals surface area contributed by atoms with Crippen LogP contribution in [0.2, 0.25) is 0 Å². The normalized spacial score (nSPS) is 10.1. The van der Waals surface area contributed by atoms with Crippen LogP contribution in [-0.2, 0) is 9.59 Å². The third kappa shape index (κ3) is 9.67. The third-order valence-electron chi connectivity index (χ3n) is 4.05. The van der Waals surface area contributed by atoms with E-state index in [1.165, 1.54) is 0 Å².